The zero-order valence-corrected chi connectivity index (χ0v) is 26.4. The number of halogens is 2. The van der Waals surface area contributed by atoms with Gasteiger partial charge in [-0.3, -0.25) is 0 Å². The monoisotopic (exact) mass is 570 g/mol. The molecule has 0 saturated carbocycles. The van der Waals surface area contributed by atoms with Crippen LogP contribution < -0.4 is 24.8 Å². The molecule has 4 rings (SSSR count). The van der Waals surface area contributed by atoms with Crippen molar-refractivity contribution < 1.29 is 44.0 Å². The van der Waals surface area contributed by atoms with Crippen molar-refractivity contribution in [2.75, 3.05) is 0 Å². The summed E-state index contributed by atoms with van der Waals surface area (Å²) in [6.07, 6.45) is 21.3. The van der Waals surface area contributed by atoms with Gasteiger partial charge in [-0.15, -0.1) is 46.5 Å². The number of unbranched alkanes of at least 4 members (excludes halogenated alkanes) is 2. The minimum Gasteiger partial charge on any atom is -1.00 e. The fraction of sp³-hybridized carbons (Fsp3) is 0.375. The molecular weight excluding hydrogens is 531 g/mol. The zero-order valence-electron chi connectivity index (χ0n) is 22.3. The summed E-state index contributed by atoms with van der Waals surface area (Å²) in [5, 5.41) is 0. The van der Waals surface area contributed by atoms with Crippen LogP contribution in [0.4, 0.5) is 0 Å². The SMILES string of the molecule is CCCCC1=CC(c2ccccc2)=[C-]C1.CCCCC1=CC(c2ccccc2)=[C-]C1.C[Si](C)=[Ti+2].[Cl-].[Cl-]. The van der Waals surface area contributed by atoms with E-state index >= 15 is 0 Å². The van der Waals surface area contributed by atoms with E-state index in [-0.39, 0.29) is 31.0 Å². The van der Waals surface area contributed by atoms with Crippen LogP contribution in [0.1, 0.15) is 76.3 Å². The molecule has 0 amide bonds. The summed E-state index contributed by atoms with van der Waals surface area (Å²) in [5.41, 5.74) is 8.22. The first-order valence-electron chi connectivity index (χ1n) is 12.8. The molecule has 0 nitrogen and oxygen atoms in total. The molecule has 0 saturated heterocycles. The second-order valence-electron chi connectivity index (χ2n) is 9.08. The van der Waals surface area contributed by atoms with Gasteiger partial charge in [-0.2, -0.15) is 35.5 Å². The molecule has 0 fully saturated rings. The molecule has 36 heavy (non-hydrogen) atoms. The number of hydrogen-bond donors (Lipinski definition) is 0. The van der Waals surface area contributed by atoms with Crippen LogP contribution in [0.2, 0.25) is 13.1 Å². The Hall–Kier alpha value is -1.09. The van der Waals surface area contributed by atoms with E-state index in [9.17, 15) is 0 Å². The van der Waals surface area contributed by atoms with Gasteiger partial charge >= 0.3 is 38.5 Å². The summed E-state index contributed by atoms with van der Waals surface area (Å²) in [4.78, 5) is 0. The molecule has 0 radical (unpaired) electrons. The van der Waals surface area contributed by atoms with Gasteiger partial charge in [0, 0.05) is 0 Å². The van der Waals surface area contributed by atoms with Gasteiger partial charge < -0.3 is 24.8 Å². The molecule has 0 bridgehead atoms. The molecule has 2 aliphatic rings. The van der Waals surface area contributed by atoms with Gasteiger partial charge in [0.25, 0.3) is 0 Å². The largest absolute Gasteiger partial charge is 1.00 e. The molecule has 0 N–H and O–H groups in total. The Labute approximate surface area is 245 Å². The van der Waals surface area contributed by atoms with Gasteiger partial charge in [0.1, 0.15) is 0 Å². The van der Waals surface area contributed by atoms with Crippen molar-refractivity contribution >= 4 is 17.3 Å². The van der Waals surface area contributed by atoms with Gasteiger partial charge in [0.15, 0.2) is 0 Å². The summed E-state index contributed by atoms with van der Waals surface area (Å²) in [7, 11) is 0. The maximum absolute atomic E-state index is 3.46. The standard InChI is InChI=1S/2C15H17.C2H6Si.2ClH.Ti/c2*1-2-3-7-13-10-11-15(12-13)14-8-5-4-6-9-14;1-3-2;;;/h2*4-6,8-9,12H,2-3,7,10H2,1H3;1-2H3;2*1H;/q2*-1;;;;+2/p-2. The normalized spacial score (nSPS) is 13.3. The Morgan fingerprint density at radius 1 is 0.667 bits per heavy atom. The van der Waals surface area contributed by atoms with E-state index in [0.717, 1.165) is 12.8 Å². The Kier molecular flexibility index (Phi) is 20.3. The van der Waals surface area contributed by atoms with Gasteiger partial charge in [0.05, 0.1) is 0 Å². The van der Waals surface area contributed by atoms with Gasteiger partial charge in [-0.05, 0) is 12.8 Å². The second kappa shape index (κ2) is 20.9. The number of rotatable bonds is 8. The van der Waals surface area contributed by atoms with Crippen molar-refractivity contribution in [2.45, 2.75) is 78.3 Å². The van der Waals surface area contributed by atoms with E-state index < -0.39 is 0 Å². The van der Waals surface area contributed by atoms with Crippen LogP contribution in [-0.2, 0) is 19.2 Å². The summed E-state index contributed by atoms with van der Waals surface area (Å²) in [6.45, 7) is 9.02. The molecule has 0 aliphatic heterocycles. The first-order valence-corrected chi connectivity index (χ1v) is 17.6. The maximum atomic E-state index is 3.46. The molecule has 192 valence electrons. The number of allylic oxidation sites excluding steroid dienone is 8. The zero-order chi connectivity index (χ0) is 24.6. The fourth-order valence-corrected chi connectivity index (χ4v) is 3.76. The van der Waals surface area contributed by atoms with Crippen LogP contribution >= 0.6 is 0 Å². The van der Waals surface area contributed by atoms with E-state index in [1.807, 2.05) is 0 Å². The van der Waals surface area contributed by atoms with Gasteiger partial charge in [-0.1, -0.05) is 88.8 Å². The Morgan fingerprint density at radius 2 is 1.00 bits per heavy atom. The van der Waals surface area contributed by atoms with E-state index in [1.165, 1.54) is 71.9 Å². The van der Waals surface area contributed by atoms with E-state index in [4.69, 9.17) is 0 Å². The summed E-state index contributed by atoms with van der Waals surface area (Å²) in [6, 6.07) is 21.1. The summed E-state index contributed by atoms with van der Waals surface area (Å²) >= 11 is 2.27. The predicted octanol–water partition coefficient (Wildman–Crippen LogP) is 3.58. The minimum atomic E-state index is 0. The van der Waals surface area contributed by atoms with Crippen molar-refractivity contribution in [1.29, 1.82) is 0 Å². The molecule has 2 aromatic carbocycles. The first-order chi connectivity index (χ1) is 16.5. The Bertz CT molecular complexity index is 923. The maximum Gasteiger partial charge on any atom is -1.00 e. The van der Waals surface area contributed by atoms with Crippen LogP contribution in [0.5, 0.6) is 0 Å². The van der Waals surface area contributed by atoms with E-state index in [0.29, 0.717) is 0 Å². The van der Waals surface area contributed by atoms with Gasteiger partial charge in [-0.25, -0.2) is 0 Å². The van der Waals surface area contributed by atoms with Crippen molar-refractivity contribution in [3.63, 3.8) is 0 Å². The fourth-order valence-electron chi connectivity index (χ4n) is 3.76. The van der Waals surface area contributed by atoms with Crippen LogP contribution in [0.3, 0.4) is 0 Å². The van der Waals surface area contributed by atoms with Crippen molar-refractivity contribution in [3.05, 3.63) is 107 Å². The van der Waals surface area contributed by atoms with Crippen molar-refractivity contribution in [3.8, 4) is 0 Å². The number of benzene rings is 2. The smallest absolute Gasteiger partial charge is 1.00 e. The predicted molar refractivity (Wildman–Crippen MR) is 148 cm³/mol. The topological polar surface area (TPSA) is 0 Å². The molecule has 0 heterocycles. The molecule has 2 aromatic rings. The second-order valence-corrected chi connectivity index (χ2v) is 15.8. The van der Waals surface area contributed by atoms with Crippen molar-refractivity contribution in [2.24, 2.45) is 0 Å². The molecule has 2 aliphatic carbocycles. The molecular formula is C32H40Cl2SiTi-2. The average Bonchev–Trinajstić information content (AvgIpc) is 3.53. The molecule has 0 spiro atoms. The van der Waals surface area contributed by atoms with E-state index in [1.54, 1.807) is 0 Å². The molecule has 0 atom stereocenters. The van der Waals surface area contributed by atoms with Crippen LogP contribution in [0.25, 0.3) is 11.1 Å². The Morgan fingerprint density at radius 3 is 1.31 bits per heavy atom. The third-order valence-electron chi connectivity index (χ3n) is 5.58. The molecule has 0 unspecified atom stereocenters. The molecule has 0 aromatic heterocycles. The van der Waals surface area contributed by atoms with Crippen LogP contribution in [0.15, 0.2) is 84.0 Å². The quantitative estimate of drug-likeness (QED) is 0.336. The third-order valence-corrected chi connectivity index (χ3v) is 5.58. The first kappa shape index (κ1) is 34.9. The average molecular weight is 572 g/mol. The Balaban J connectivity index is 0.000000566. The van der Waals surface area contributed by atoms with Crippen LogP contribution in [-0.4, -0.2) is 6.19 Å². The van der Waals surface area contributed by atoms with Crippen molar-refractivity contribution in [1.82, 2.24) is 0 Å². The summed E-state index contributed by atoms with van der Waals surface area (Å²) in [5.74, 6) is 0. The molecule has 4 heteroatoms. The van der Waals surface area contributed by atoms with Gasteiger partial charge in [0.2, 0.25) is 0 Å². The summed E-state index contributed by atoms with van der Waals surface area (Å²) < 4.78 is 0. The minimum absolute atomic E-state index is 0. The van der Waals surface area contributed by atoms with E-state index in [2.05, 4.69) is 131 Å². The third kappa shape index (κ3) is 14.0. The van der Waals surface area contributed by atoms with Crippen LogP contribution in [0, 0.1) is 12.2 Å². The number of hydrogen-bond acceptors (Lipinski definition) is 0.